The van der Waals surface area contributed by atoms with E-state index in [4.69, 9.17) is 18.7 Å². The minimum Gasteiger partial charge on any atom is -0.374 e. The van der Waals surface area contributed by atoms with Crippen molar-refractivity contribution in [2.45, 2.75) is 57.6 Å². The second kappa shape index (κ2) is 11.2. The number of pyridine rings is 1. The van der Waals surface area contributed by atoms with Gasteiger partial charge in [0.1, 0.15) is 17.5 Å². The lowest BCUT2D eigenvalue weighted by molar-refractivity contribution is -0.169. The molecule has 1 aliphatic carbocycles. The molecule has 39 heavy (non-hydrogen) atoms. The topological polar surface area (TPSA) is 113 Å². The van der Waals surface area contributed by atoms with E-state index < -0.39 is 6.17 Å². The Labute approximate surface area is 224 Å². The van der Waals surface area contributed by atoms with Crippen LogP contribution in [0.3, 0.4) is 0 Å². The summed E-state index contributed by atoms with van der Waals surface area (Å²) < 4.78 is 37.4. The monoisotopic (exact) mass is 535 g/mol. The van der Waals surface area contributed by atoms with Crippen LogP contribution in [-0.4, -0.2) is 57.7 Å². The number of benzene rings is 1. The molecule has 3 aromatic heterocycles. The van der Waals surface area contributed by atoms with E-state index in [0.29, 0.717) is 60.5 Å². The molecule has 2 fully saturated rings. The predicted octanol–water partition coefficient (Wildman–Crippen LogP) is 4.83. The standard InChI is InChI=1S/C28H30FN5O5/c1-17-5-7-19(26-32-28(39-33-26)20-13-21(20)29)12-22(17)31-27(35)23-14-30-24-8-6-18(15-34(23)24)16-36-10-11-38-25-4-2-3-9-37-25/h5-8,12,14-15,20-21,25H,2-4,9-11,13,16H2,1H3,(H,31,35)/t20-,21-,25?/m0/s1. The van der Waals surface area contributed by atoms with Gasteiger partial charge in [0.25, 0.3) is 5.91 Å². The van der Waals surface area contributed by atoms with Crippen LogP contribution in [0.5, 0.6) is 0 Å². The van der Waals surface area contributed by atoms with Crippen LogP contribution in [0.1, 0.15) is 59.1 Å². The molecule has 1 saturated heterocycles. The minimum atomic E-state index is -0.918. The van der Waals surface area contributed by atoms with Crippen LogP contribution >= 0.6 is 0 Å². The largest absolute Gasteiger partial charge is 0.374 e. The summed E-state index contributed by atoms with van der Waals surface area (Å²) in [5.74, 6) is 0.0372. The summed E-state index contributed by atoms with van der Waals surface area (Å²) in [7, 11) is 0. The molecule has 2 aliphatic rings. The van der Waals surface area contributed by atoms with E-state index in [1.165, 1.54) is 0 Å². The quantitative estimate of drug-likeness (QED) is 0.287. The van der Waals surface area contributed by atoms with Crippen molar-refractivity contribution in [2.24, 2.45) is 0 Å². The highest BCUT2D eigenvalue weighted by Gasteiger charge is 2.43. The fourth-order valence-electron chi connectivity index (χ4n) is 4.55. The number of rotatable bonds is 10. The average Bonchev–Trinajstić information content (AvgIpc) is 3.31. The molecule has 4 heterocycles. The summed E-state index contributed by atoms with van der Waals surface area (Å²) in [6, 6.07) is 9.26. The van der Waals surface area contributed by atoms with E-state index in [-0.39, 0.29) is 18.1 Å². The van der Waals surface area contributed by atoms with Crippen molar-refractivity contribution >= 4 is 17.2 Å². The van der Waals surface area contributed by atoms with Gasteiger partial charge in [0.15, 0.2) is 6.29 Å². The lowest BCUT2D eigenvalue weighted by Crippen LogP contribution is -2.23. The first-order valence-corrected chi connectivity index (χ1v) is 13.2. The van der Waals surface area contributed by atoms with E-state index in [1.807, 2.05) is 37.4 Å². The minimum absolute atomic E-state index is 0.133. The summed E-state index contributed by atoms with van der Waals surface area (Å²) in [6.45, 7) is 3.93. The number of fused-ring (bicyclic) bond motifs is 1. The Balaban J connectivity index is 1.10. The number of hydrogen-bond acceptors (Lipinski definition) is 8. The molecule has 0 bridgehead atoms. The summed E-state index contributed by atoms with van der Waals surface area (Å²) in [6.07, 6.45) is 5.89. The number of ether oxygens (including phenoxy) is 3. The van der Waals surface area contributed by atoms with E-state index in [0.717, 1.165) is 37.0 Å². The second-order valence-electron chi connectivity index (χ2n) is 9.93. The maximum absolute atomic E-state index is 13.4. The number of alkyl halides is 1. The zero-order valence-corrected chi connectivity index (χ0v) is 21.6. The predicted molar refractivity (Wildman–Crippen MR) is 139 cm³/mol. The van der Waals surface area contributed by atoms with Gasteiger partial charge in [-0.1, -0.05) is 23.4 Å². The van der Waals surface area contributed by atoms with Gasteiger partial charge >= 0.3 is 0 Å². The van der Waals surface area contributed by atoms with Crippen molar-refractivity contribution in [3.8, 4) is 11.4 Å². The van der Waals surface area contributed by atoms with Crippen molar-refractivity contribution in [3.63, 3.8) is 0 Å². The molecule has 0 radical (unpaired) electrons. The van der Waals surface area contributed by atoms with E-state index in [1.54, 1.807) is 16.7 Å². The molecule has 1 saturated carbocycles. The van der Waals surface area contributed by atoms with Crippen molar-refractivity contribution in [2.75, 3.05) is 25.1 Å². The molecule has 1 amide bonds. The van der Waals surface area contributed by atoms with Crippen LogP contribution < -0.4 is 5.32 Å². The van der Waals surface area contributed by atoms with E-state index >= 15 is 0 Å². The number of carbonyl (C=O) groups excluding carboxylic acids is 1. The van der Waals surface area contributed by atoms with Crippen molar-refractivity contribution < 1.29 is 27.9 Å². The smallest absolute Gasteiger partial charge is 0.274 e. The number of aryl methyl sites for hydroxylation is 1. The van der Waals surface area contributed by atoms with Gasteiger partial charge in [0, 0.05) is 24.1 Å². The molecule has 1 aromatic carbocycles. The van der Waals surface area contributed by atoms with Gasteiger partial charge in [-0.05, 0) is 55.9 Å². The Bertz CT molecular complexity index is 1460. The SMILES string of the molecule is Cc1ccc(-c2noc([C@H]3C[C@@H]3F)n2)cc1NC(=O)c1cnc2ccc(COCCOC3CCCCO3)cn12. The van der Waals surface area contributed by atoms with Crippen LogP contribution in [0, 0.1) is 6.92 Å². The van der Waals surface area contributed by atoms with Crippen LogP contribution in [0.4, 0.5) is 10.1 Å². The Hall–Kier alpha value is -3.67. The Morgan fingerprint density at radius 2 is 2.13 bits per heavy atom. The number of hydrogen-bond donors (Lipinski definition) is 1. The number of halogens is 1. The highest BCUT2D eigenvalue weighted by Crippen LogP contribution is 2.43. The maximum atomic E-state index is 13.4. The third-order valence-corrected chi connectivity index (χ3v) is 6.95. The molecule has 1 unspecified atom stereocenters. The molecule has 3 atom stereocenters. The fourth-order valence-corrected chi connectivity index (χ4v) is 4.55. The molecular weight excluding hydrogens is 505 g/mol. The Kier molecular flexibility index (Phi) is 7.36. The first-order valence-electron chi connectivity index (χ1n) is 13.2. The Morgan fingerprint density at radius 1 is 1.23 bits per heavy atom. The summed E-state index contributed by atoms with van der Waals surface area (Å²) in [5, 5.41) is 6.96. The number of nitrogens with one attached hydrogen (secondary N) is 1. The van der Waals surface area contributed by atoms with Crippen molar-refractivity contribution in [3.05, 3.63) is 65.4 Å². The summed E-state index contributed by atoms with van der Waals surface area (Å²) >= 11 is 0. The van der Waals surface area contributed by atoms with Gasteiger partial charge < -0.3 is 24.1 Å². The molecular formula is C28H30FN5O5. The van der Waals surface area contributed by atoms with E-state index in [9.17, 15) is 9.18 Å². The zero-order valence-electron chi connectivity index (χ0n) is 21.6. The summed E-state index contributed by atoms with van der Waals surface area (Å²) in [5.41, 5.74) is 4.08. The number of amides is 1. The summed E-state index contributed by atoms with van der Waals surface area (Å²) in [4.78, 5) is 22.0. The molecule has 11 heteroatoms. The molecule has 1 aliphatic heterocycles. The van der Waals surface area contributed by atoms with E-state index in [2.05, 4.69) is 20.4 Å². The normalized spacial score (nSPS) is 20.8. The molecule has 1 N–H and O–H groups in total. The van der Waals surface area contributed by atoms with Crippen molar-refractivity contribution in [1.29, 1.82) is 0 Å². The van der Waals surface area contributed by atoms with Crippen LogP contribution in [0.2, 0.25) is 0 Å². The molecule has 6 rings (SSSR count). The maximum Gasteiger partial charge on any atom is 0.274 e. The van der Waals surface area contributed by atoms with Gasteiger partial charge in [-0.3, -0.25) is 9.20 Å². The van der Waals surface area contributed by atoms with Gasteiger partial charge in [-0.25, -0.2) is 9.37 Å². The van der Waals surface area contributed by atoms with Crippen LogP contribution in [0.15, 0.2) is 47.2 Å². The first-order chi connectivity index (χ1) is 19.0. The van der Waals surface area contributed by atoms with Crippen molar-refractivity contribution in [1.82, 2.24) is 19.5 Å². The van der Waals surface area contributed by atoms with Gasteiger partial charge in [0.2, 0.25) is 11.7 Å². The van der Waals surface area contributed by atoms with Gasteiger partial charge in [-0.15, -0.1) is 0 Å². The van der Waals surface area contributed by atoms with Crippen LogP contribution in [-0.2, 0) is 20.8 Å². The third-order valence-electron chi connectivity index (χ3n) is 6.95. The molecule has 10 nitrogen and oxygen atoms in total. The van der Waals surface area contributed by atoms with Crippen LogP contribution in [0.25, 0.3) is 17.0 Å². The molecule has 0 spiro atoms. The lowest BCUT2D eigenvalue weighted by Gasteiger charge is -2.22. The zero-order chi connectivity index (χ0) is 26.8. The Morgan fingerprint density at radius 3 is 2.95 bits per heavy atom. The number of nitrogens with zero attached hydrogens (tertiary/aromatic N) is 4. The highest BCUT2D eigenvalue weighted by molar-refractivity contribution is 6.04. The van der Waals surface area contributed by atoms with Gasteiger partial charge in [-0.2, -0.15) is 4.98 Å². The molecule has 204 valence electrons. The fraction of sp³-hybridized carbons (Fsp3) is 0.429. The second-order valence-corrected chi connectivity index (χ2v) is 9.93. The number of imidazole rings is 1. The number of aromatic nitrogens is 4. The van der Waals surface area contributed by atoms with Gasteiger partial charge in [0.05, 0.1) is 31.9 Å². The first kappa shape index (κ1) is 25.6. The highest BCUT2D eigenvalue weighted by atomic mass is 19.1. The lowest BCUT2D eigenvalue weighted by atomic mass is 10.1. The third kappa shape index (κ3) is 5.85. The number of anilines is 1. The molecule has 4 aromatic rings. The number of carbonyl (C=O) groups is 1. The average molecular weight is 536 g/mol.